The first-order valence-electron chi connectivity index (χ1n) is 10.2. The molecule has 0 atom stereocenters. The highest BCUT2D eigenvalue weighted by molar-refractivity contribution is 7.12. The number of thiophene rings is 1. The minimum atomic E-state index is -0.0503. The second kappa shape index (κ2) is 6.08. The highest BCUT2D eigenvalue weighted by Gasteiger charge is 2.55. The Morgan fingerprint density at radius 1 is 0.962 bits per heavy atom. The summed E-state index contributed by atoms with van der Waals surface area (Å²) >= 11 is 1.53. The Balaban J connectivity index is 1.25. The maximum atomic E-state index is 13.4. The molecule has 5 fully saturated rings. The molecule has 1 aliphatic heterocycles. The van der Waals surface area contributed by atoms with Crippen molar-refractivity contribution < 1.29 is 9.59 Å². The molecule has 1 saturated heterocycles. The van der Waals surface area contributed by atoms with E-state index in [2.05, 4.69) is 4.90 Å². The number of nitrogens with zero attached hydrogens (tertiary/aromatic N) is 2. The van der Waals surface area contributed by atoms with Crippen LogP contribution in [0.15, 0.2) is 11.4 Å². The van der Waals surface area contributed by atoms with E-state index in [1.54, 1.807) is 0 Å². The summed E-state index contributed by atoms with van der Waals surface area (Å²) in [5.74, 6) is 2.95. The van der Waals surface area contributed by atoms with Gasteiger partial charge >= 0.3 is 0 Å². The van der Waals surface area contributed by atoms with Crippen molar-refractivity contribution in [3.8, 4) is 0 Å². The van der Waals surface area contributed by atoms with Crippen molar-refractivity contribution in [3.05, 3.63) is 21.9 Å². The molecule has 4 aliphatic carbocycles. The molecule has 0 unspecified atom stereocenters. The van der Waals surface area contributed by atoms with Crippen LogP contribution in [0.25, 0.3) is 0 Å². The highest BCUT2D eigenvalue weighted by atomic mass is 32.1. The maximum absolute atomic E-state index is 13.4. The molecule has 5 aliphatic rings. The van der Waals surface area contributed by atoms with E-state index in [1.807, 2.05) is 23.3 Å². The van der Waals surface area contributed by atoms with E-state index in [9.17, 15) is 9.59 Å². The molecule has 4 bridgehead atoms. The van der Waals surface area contributed by atoms with E-state index in [0.29, 0.717) is 32.1 Å². The molecule has 4 nitrogen and oxygen atoms in total. The fraction of sp³-hybridized carbons (Fsp3) is 0.714. The molecular weight excluding hydrogens is 344 g/mol. The van der Waals surface area contributed by atoms with Crippen LogP contribution in [-0.2, 0) is 4.79 Å². The van der Waals surface area contributed by atoms with Crippen LogP contribution in [0.2, 0.25) is 0 Å². The topological polar surface area (TPSA) is 40.6 Å². The Labute approximate surface area is 159 Å². The Morgan fingerprint density at radius 3 is 2.00 bits per heavy atom. The molecule has 0 aromatic carbocycles. The van der Waals surface area contributed by atoms with Gasteiger partial charge in [0.1, 0.15) is 0 Å². The number of carbonyl (C=O) groups is 2. The summed E-state index contributed by atoms with van der Waals surface area (Å²) in [6.45, 7) is 4.76. The number of aryl methyl sites for hydroxylation is 1. The highest BCUT2D eigenvalue weighted by Crippen LogP contribution is 2.60. The lowest BCUT2D eigenvalue weighted by atomic mass is 9.49. The van der Waals surface area contributed by atoms with E-state index in [1.165, 1.54) is 30.6 Å². The van der Waals surface area contributed by atoms with Crippen LogP contribution in [0.3, 0.4) is 0 Å². The van der Waals surface area contributed by atoms with Crippen molar-refractivity contribution in [1.82, 2.24) is 9.80 Å². The molecule has 2 amide bonds. The molecular formula is C21H28N2O2S. The Hall–Kier alpha value is -1.36. The first kappa shape index (κ1) is 16.8. The summed E-state index contributed by atoms with van der Waals surface area (Å²) in [7, 11) is 0. The van der Waals surface area contributed by atoms with Gasteiger partial charge in [0, 0.05) is 26.2 Å². The third-order valence-electron chi connectivity index (χ3n) is 7.40. The van der Waals surface area contributed by atoms with Crippen LogP contribution in [0.5, 0.6) is 0 Å². The van der Waals surface area contributed by atoms with Gasteiger partial charge in [-0.05, 0) is 80.2 Å². The zero-order valence-corrected chi connectivity index (χ0v) is 16.4. The number of amides is 2. The van der Waals surface area contributed by atoms with Gasteiger partial charge in [-0.2, -0.15) is 0 Å². The summed E-state index contributed by atoms with van der Waals surface area (Å²) in [5.41, 5.74) is 1.01. The number of hydrogen-bond acceptors (Lipinski definition) is 3. The monoisotopic (exact) mass is 372 g/mol. The normalized spacial score (nSPS) is 35.8. The van der Waals surface area contributed by atoms with Crippen molar-refractivity contribution in [1.29, 1.82) is 0 Å². The average molecular weight is 373 g/mol. The predicted molar refractivity (Wildman–Crippen MR) is 102 cm³/mol. The molecule has 2 heterocycles. The fourth-order valence-corrected chi connectivity index (χ4v) is 7.45. The van der Waals surface area contributed by atoms with Gasteiger partial charge in [-0.15, -0.1) is 11.3 Å². The van der Waals surface area contributed by atoms with Crippen LogP contribution in [-0.4, -0.2) is 47.8 Å². The van der Waals surface area contributed by atoms with Crippen molar-refractivity contribution in [2.75, 3.05) is 26.2 Å². The first-order valence-corrected chi connectivity index (χ1v) is 11.0. The summed E-state index contributed by atoms with van der Waals surface area (Å²) in [4.78, 5) is 31.0. The molecule has 5 heteroatoms. The van der Waals surface area contributed by atoms with Crippen LogP contribution in [0, 0.1) is 30.1 Å². The molecule has 4 saturated carbocycles. The number of carbonyl (C=O) groups excluding carboxylic acids is 2. The summed E-state index contributed by atoms with van der Waals surface area (Å²) in [5, 5.41) is 1.98. The lowest BCUT2D eigenvalue weighted by molar-refractivity contribution is -0.159. The van der Waals surface area contributed by atoms with Gasteiger partial charge in [0.05, 0.1) is 10.3 Å². The SMILES string of the molecule is Cc1ccsc1C(=O)N1CCN(C(=O)C23CC4CC(CC(C4)C2)C3)CC1. The zero-order chi connectivity index (χ0) is 17.9. The Bertz CT molecular complexity index is 697. The molecule has 0 N–H and O–H groups in total. The zero-order valence-electron chi connectivity index (χ0n) is 15.6. The van der Waals surface area contributed by atoms with Crippen LogP contribution < -0.4 is 0 Å². The van der Waals surface area contributed by atoms with E-state index in [0.717, 1.165) is 47.5 Å². The number of rotatable bonds is 2. The summed E-state index contributed by atoms with van der Waals surface area (Å²) in [6, 6.07) is 2.00. The van der Waals surface area contributed by atoms with Crippen molar-refractivity contribution in [3.63, 3.8) is 0 Å². The number of hydrogen-bond donors (Lipinski definition) is 0. The number of piperazine rings is 1. The van der Waals surface area contributed by atoms with Crippen LogP contribution >= 0.6 is 11.3 Å². The van der Waals surface area contributed by atoms with Gasteiger partial charge in [-0.25, -0.2) is 0 Å². The second-order valence-corrected chi connectivity index (χ2v) is 10.1. The first-order chi connectivity index (χ1) is 12.5. The Morgan fingerprint density at radius 2 is 1.50 bits per heavy atom. The van der Waals surface area contributed by atoms with E-state index >= 15 is 0 Å². The summed E-state index contributed by atoms with van der Waals surface area (Å²) < 4.78 is 0. The summed E-state index contributed by atoms with van der Waals surface area (Å²) in [6.07, 6.45) is 7.50. The molecule has 6 rings (SSSR count). The largest absolute Gasteiger partial charge is 0.339 e. The molecule has 0 radical (unpaired) electrons. The van der Waals surface area contributed by atoms with Crippen LogP contribution in [0.4, 0.5) is 0 Å². The third kappa shape index (κ3) is 2.62. The Kier molecular flexibility index (Phi) is 3.93. The van der Waals surface area contributed by atoms with E-state index < -0.39 is 0 Å². The quantitative estimate of drug-likeness (QED) is 0.796. The van der Waals surface area contributed by atoms with Gasteiger partial charge in [-0.1, -0.05) is 0 Å². The molecule has 1 aromatic heterocycles. The van der Waals surface area contributed by atoms with E-state index in [-0.39, 0.29) is 11.3 Å². The predicted octanol–water partition coefficient (Wildman–Crippen LogP) is 3.56. The van der Waals surface area contributed by atoms with Crippen molar-refractivity contribution >= 4 is 23.2 Å². The molecule has 140 valence electrons. The maximum Gasteiger partial charge on any atom is 0.264 e. The lowest BCUT2D eigenvalue weighted by Gasteiger charge is -2.57. The lowest BCUT2D eigenvalue weighted by Crippen LogP contribution is -2.58. The molecule has 1 aromatic rings. The second-order valence-electron chi connectivity index (χ2n) is 9.22. The van der Waals surface area contributed by atoms with Gasteiger partial charge in [0.15, 0.2) is 0 Å². The van der Waals surface area contributed by atoms with Crippen molar-refractivity contribution in [2.45, 2.75) is 45.4 Å². The average Bonchev–Trinajstić information content (AvgIpc) is 3.05. The standard InChI is InChI=1S/C21H28N2O2S/c1-14-2-7-26-18(14)19(24)22-3-5-23(6-4-22)20(25)21-11-15-8-16(12-21)10-17(9-15)13-21/h2,7,15-17H,3-6,8-13H2,1H3. The van der Waals surface area contributed by atoms with Gasteiger partial charge in [-0.3, -0.25) is 9.59 Å². The third-order valence-corrected chi connectivity index (χ3v) is 8.41. The smallest absolute Gasteiger partial charge is 0.264 e. The fourth-order valence-electron chi connectivity index (χ4n) is 6.56. The molecule has 0 spiro atoms. The van der Waals surface area contributed by atoms with Gasteiger partial charge < -0.3 is 9.80 Å². The van der Waals surface area contributed by atoms with Gasteiger partial charge in [0.2, 0.25) is 5.91 Å². The van der Waals surface area contributed by atoms with Gasteiger partial charge in [0.25, 0.3) is 5.91 Å². The van der Waals surface area contributed by atoms with E-state index in [4.69, 9.17) is 0 Å². The van der Waals surface area contributed by atoms with Crippen molar-refractivity contribution in [2.24, 2.45) is 23.2 Å². The minimum Gasteiger partial charge on any atom is -0.339 e. The molecule has 26 heavy (non-hydrogen) atoms. The minimum absolute atomic E-state index is 0.0503. The van der Waals surface area contributed by atoms with Crippen LogP contribution in [0.1, 0.15) is 53.8 Å².